The first kappa shape index (κ1) is 10.8. The van der Waals surface area contributed by atoms with Gasteiger partial charge in [0.25, 0.3) is 0 Å². The molecule has 1 aliphatic rings. The van der Waals surface area contributed by atoms with Crippen molar-refractivity contribution in [1.82, 2.24) is 4.90 Å². The molecule has 1 aliphatic heterocycles. The first-order chi connectivity index (χ1) is 6.15. The van der Waals surface area contributed by atoms with Crippen molar-refractivity contribution in [3.8, 4) is 0 Å². The van der Waals surface area contributed by atoms with Gasteiger partial charge in [0.1, 0.15) is 5.38 Å². The van der Waals surface area contributed by atoms with E-state index in [0.717, 1.165) is 19.4 Å². The molecule has 0 aromatic rings. The van der Waals surface area contributed by atoms with Gasteiger partial charge < -0.3 is 10.0 Å². The van der Waals surface area contributed by atoms with Gasteiger partial charge in [0.2, 0.25) is 5.91 Å². The van der Waals surface area contributed by atoms with Crippen LogP contribution in [0.2, 0.25) is 0 Å². The molecule has 2 atom stereocenters. The minimum Gasteiger partial charge on any atom is -0.396 e. The van der Waals surface area contributed by atoms with Gasteiger partial charge in [-0.2, -0.15) is 0 Å². The zero-order chi connectivity index (χ0) is 9.84. The number of nitrogens with zero attached hydrogens (tertiary/aromatic N) is 1. The van der Waals surface area contributed by atoms with Crippen LogP contribution in [0.4, 0.5) is 0 Å². The predicted molar refractivity (Wildman–Crippen MR) is 51.7 cm³/mol. The summed E-state index contributed by atoms with van der Waals surface area (Å²) in [5, 5.41) is 8.51. The second-order valence-corrected chi connectivity index (χ2v) is 4.25. The van der Waals surface area contributed by atoms with Crippen LogP contribution in [0.1, 0.15) is 19.8 Å². The highest BCUT2D eigenvalue weighted by atomic mass is 35.5. The van der Waals surface area contributed by atoms with Crippen LogP contribution in [0.5, 0.6) is 0 Å². The van der Waals surface area contributed by atoms with Crippen molar-refractivity contribution in [1.29, 1.82) is 0 Å². The summed E-state index contributed by atoms with van der Waals surface area (Å²) in [5.41, 5.74) is 0. The lowest BCUT2D eigenvalue weighted by atomic mass is 9.99. The minimum atomic E-state index is -0.447. The molecule has 1 fully saturated rings. The fourth-order valence-electron chi connectivity index (χ4n) is 1.67. The van der Waals surface area contributed by atoms with Crippen molar-refractivity contribution in [3.05, 3.63) is 0 Å². The molecule has 0 bridgehead atoms. The molecule has 0 aromatic heterocycles. The van der Waals surface area contributed by atoms with Gasteiger partial charge in [-0.05, 0) is 25.7 Å². The number of piperidine rings is 1. The fourth-order valence-corrected chi connectivity index (χ4v) is 1.80. The number of alkyl halides is 1. The molecule has 3 nitrogen and oxygen atoms in total. The molecule has 0 aromatic carbocycles. The first-order valence-electron chi connectivity index (χ1n) is 4.69. The van der Waals surface area contributed by atoms with Gasteiger partial charge in [-0.3, -0.25) is 4.79 Å². The molecular weight excluding hydrogens is 190 g/mol. The number of hydrogen-bond acceptors (Lipinski definition) is 2. The maximum absolute atomic E-state index is 11.5. The van der Waals surface area contributed by atoms with Gasteiger partial charge in [-0.1, -0.05) is 0 Å². The van der Waals surface area contributed by atoms with Crippen molar-refractivity contribution in [3.63, 3.8) is 0 Å². The Bertz CT molecular complexity index is 184. The normalized spacial score (nSPS) is 25.8. The number of likely N-dealkylation sites (tertiary alicyclic amines) is 1. The topological polar surface area (TPSA) is 40.5 Å². The molecule has 13 heavy (non-hydrogen) atoms. The monoisotopic (exact) mass is 205 g/mol. The van der Waals surface area contributed by atoms with E-state index in [4.69, 9.17) is 16.7 Å². The number of aliphatic hydroxyl groups is 1. The number of halogens is 1. The molecular formula is C9H16ClNO2. The molecule has 0 radical (unpaired) electrons. The van der Waals surface area contributed by atoms with Crippen LogP contribution in [-0.2, 0) is 4.79 Å². The zero-order valence-electron chi connectivity index (χ0n) is 7.87. The summed E-state index contributed by atoms with van der Waals surface area (Å²) < 4.78 is 0. The average molecular weight is 206 g/mol. The van der Waals surface area contributed by atoms with E-state index in [1.54, 1.807) is 11.8 Å². The molecule has 2 unspecified atom stereocenters. The van der Waals surface area contributed by atoms with Crippen molar-refractivity contribution in [2.75, 3.05) is 19.7 Å². The molecule has 1 rings (SSSR count). The first-order valence-corrected chi connectivity index (χ1v) is 5.12. The Morgan fingerprint density at radius 1 is 1.77 bits per heavy atom. The van der Waals surface area contributed by atoms with Gasteiger partial charge >= 0.3 is 0 Å². The third-order valence-corrected chi connectivity index (χ3v) is 2.62. The van der Waals surface area contributed by atoms with Gasteiger partial charge in [-0.15, -0.1) is 11.6 Å². The number of amides is 1. The number of carbonyl (C=O) groups excluding carboxylic acids is 1. The summed E-state index contributed by atoms with van der Waals surface area (Å²) in [6.07, 6.45) is 1.98. The van der Waals surface area contributed by atoms with Gasteiger partial charge in [-0.25, -0.2) is 0 Å². The third kappa shape index (κ3) is 2.85. The second kappa shape index (κ2) is 4.82. The molecule has 0 aliphatic carbocycles. The number of carbonyl (C=O) groups is 1. The molecule has 0 saturated carbocycles. The molecule has 1 saturated heterocycles. The van der Waals surface area contributed by atoms with Crippen molar-refractivity contribution in [2.24, 2.45) is 5.92 Å². The van der Waals surface area contributed by atoms with Crippen molar-refractivity contribution >= 4 is 17.5 Å². The van der Waals surface area contributed by atoms with Gasteiger partial charge in [0.05, 0.1) is 0 Å². The van der Waals surface area contributed by atoms with E-state index in [2.05, 4.69) is 0 Å². The smallest absolute Gasteiger partial charge is 0.240 e. The highest BCUT2D eigenvalue weighted by Gasteiger charge is 2.25. The lowest BCUT2D eigenvalue weighted by Gasteiger charge is -2.32. The number of hydrogen-bond donors (Lipinski definition) is 1. The SMILES string of the molecule is CC(Cl)C(=O)N1CCCC(CO)C1. The van der Waals surface area contributed by atoms with Crippen LogP contribution in [0, 0.1) is 5.92 Å². The highest BCUT2D eigenvalue weighted by Crippen LogP contribution is 2.17. The Morgan fingerprint density at radius 3 is 3.00 bits per heavy atom. The van der Waals surface area contributed by atoms with E-state index in [-0.39, 0.29) is 18.4 Å². The molecule has 1 N–H and O–H groups in total. The van der Waals surface area contributed by atoms with Crippen LogP contribution >= 0.6 is 11.6 Å². The lowest BCUT2D eigenvalue weighted by Crippen LogP contribution is -2.43. The highest BCUT2D eigenvalue weighted by molar-refractivity contribution is 6.30. The quantitative estimate of drug-likeness (QED) is 0.679. The summed E-state index contributed by atoms with van der Waals surface area (Å²) >= 11 is 5.70. The summed E-state index contributed by atoms with van der Waals surface area (Å²) in [4.78, 5) is 13.2. The van der Waals surface area contributed by atoms with E-state index in [9.17, 15) is 4.79 Å². The van der Waals surface area contributed by atoms with Gasteiger partial charge in [0, 0.05) is 19.7 Å². The summed E-state index contributed by atoms with van der Waals surface area (Å²) in [6.45, 7) is 3.30. The zero-order valence-corrected chi connectivity index (χ0v) is 8.63. The van der Waals surface area contributed by atoms with Crippen LogP contribution in [-0.4, -0.2) is 41.0 Å². The predicted octanol–water partition coefficient (Wildman–Crippen LogP) is 0.845. The maximum Gasteiger partial charge on any atom is 0.240 e. The Morgan fingerprint density at radius 2 is 2.46 bits per heavy atom. The molecule has 4 heteroatoms. The Labute approximate surface area is 83.7 Å². The largest absolute Gasteiger partial charge is 0.396 e. The Kier molecular flexibility index (Phi) is 4.00. The third-order valence-electron chi connectivity index (χ3n) is 2.43. The number of aliphatic hydroxyl groups excluding tert-OH is 1. The minimum absolute atomic E-state index is 0.0141. The maximum atomic E-state index is 11.5. The Hall–Kier alpha value is -0.280. The molecule has 1 amide bonds. The summed E-state index contributed by atoms with van der Waals surface area (Å²) in [6, 6.07) is 0. The summed E-state index contributed by atoms with van der Waals surface area (Å²) in [7, 11) is 0. The lowest BCUT2D eigenvalue weighted by molar-refractivity contribution is -0.132. The molecule has 76 valence electrons. The van der Waals surface area contributed by atoms with Crippen LogP contribution in [0.15, 0.2) is 0 Å². The fraction of sp³-hybridized carbons (Fsp3) is 0.889. The van der Waals surface area contributed by atoms with E-state index in [1.807, 2.05) is 0 Å². The number of rotatable bonds is 2. The average Bonchev–Trinajstić information content (AvgIpc) is 2.16. The molecule has 1 heterocycles. The molecule has 0 spiro atoms. The van der Waals surface area contributed by atoms with E-state index >= 15 is 0 Å². The van der Waals surface area contributed by atoms with Crippen LogP contribution in [0.25, 0.3) is 0 Å². The van der Waals surface area contributed by atoms with Crippen molar-refractivity contribution in [2.45, 2.75) is 25.1 Å². The van der Waals surface area contributed by atoms with E-state index in [0.29, 0.717) is 6.54 Å². The van der Waals surface area contributed by atoms with E-state index in [1.165, 1.54) is 0 Å². The van der Waals surface area contributed by atoms with Crippen LogP contribution in [0.3, 0.4) is 0 Å². The second-order valence-electron chi connectivity index (χ2n) is 3.59. The van der Waals surface area contributed by atoms with Gasteiger partial charge in [0.15, 0.2) is 0 Å². The van der Waals surface area contributed by atoms with Crippen molar-refractivity contribution < 1.29 is 9.90 Å². The standard InChI is InChI=1S/C9H16ClNO2/c1-7(10)9(13)11-4-2-3-8(5-11)6-12/h7-8,12H,2-6H2,1H3. The van der Waals surface area contributed by atoms with E-state index < -0.39 is 5.38 Å². The Balaban J connectivity index is 2.46. The summed E-state index contributed by atoms with van der Waals surface area (Å²) in [5.74, 6) is 0.230. The van der Waals surface area contributed by atoms with Crippen LogP contribution < -0.4 is 0 Å².